The molecule has 0 heterocycles. The summed E-state index contributed by atoms with van der Waals surface area (Å²) in [6.07, 6.45) is 3.29. The summed E-state index contributed by atoms with van der Waals surface area (Å²) in [7, 11) is 0. The number of hydrogen-bond donors (Lipinski definition) is 1. The molecule has 0 aliphatic heterocycles. The van der Waals surface area contributed by atoms with Crippen LogP contribution in [0.4, 0.5) is 0 Å². The zero-order valence-corrected chi connectivity index (χ0v) is 3.18. The van der Waals surface area contributed by atoms with Crippen molar-refractivity contribution in [3.63, 3.8) is 0 Å². The van der Waals surface area contributed by atoms with Crippen molar-refractivity contribution in [2.45, 2.75) is 6.92 Å². The molecule has 0 unspecified atom stereocenters. The van der Waals surface area contributed by atoms with Crippen LogP contribution in [0.1, 0.15) is 6.92 Å². The van der Waals surface area contributed by atoms with E-state index in [1.165, 1.54) is 6.21 Å². The molecular weight excluding hydrogens is 64.0 g/mol. The SMILES string of the molecule is C[CH]C=NN. The molecule has 2 heteroatoms. The predicted octanol–water partition coefficient (Wildman–Crippen LogP) is 0.155. The topological polar surface area (TPSA) is 38.4 Å². The molecule has 0 atom stereocenters. The molecule has 0 rings (SSSR count). The van der Waals surface area contributed by atoms with E-state index in [4.69, 9.17) is 0 Å². The van der Waals surface area contributed by atoms with Crippen molar-refractivity contribution in [2.75, 3.05) is 0 Å². The molecule has 0 aliphatic carbocycles. The lowest BCUT2D eigenvalue weighted by molar-refractivity contribution is 1.26. The van der Waals surface area contributed by atoms with Gasteiger partial charge in [-0.3, -0.25) is 0 Å². The van der Waals surface area contributed by atoms with Crippen LogP contribution in [-0.4, -0.2) is 6.21 Å². The Kier molecular flexibility index (Phi) is 3.10. The highest BCUT2D eigenvalue weighted by Gasteiger charge is 1.54. The smallest absolute Gasteiger partial charge is 0.0274 e. The van der Waals surface area contributed by atoms with Gasteiger partial charge < -0.3 is 5.84 Å². The number of hydrogen-bond acceptors (Lipinski definition) is 2. The van der Waals surface area contributed by atoms with Crippen molar-refractivity contribution in [1.82, 2.24) is 0 Å². The fraction of sp³-hybridized carbons (Fsp3) is 0.333. The maximum Gasteiger partial charge on any atom is 0.0274 e. The maximum atomic E-state index is 4.68. The maximum absolute atomic E-state index is 4.68. The molecule has 2 N–H and O–H groups in total. The van der Waals surface area contributed by atoms with E-state index >= 15 is 0 Å². The number of hydrazone groups is 1. The average molecular weight is 71.1 g/mol. The van der Waals surface area contributed by atoms with Crippen LogP contribution in [0.2, 0.25) is 0 Å². The Hall–Kier alpha value is -0.530. The van der Waals surface area contributed by atoms with Crippen molar-refractivity contribution >= 4 is 6.21 Å². The molecule has 0 aromatic rings. The molecule has 2 nitrogen and oxygen atoms in total. The van der Waals surface area contributed by atoms with Gasteiger partial charge in [0.05, 0.1) is 0 Å². The minimum absolute atomic E-state index is 1.53. The van der Waals surface area contributed by atoms with Gasteiger partial charge in [0.15, 0.2) is 0 Å². The molecule has 0 aromatic carbocycles. The number of nitrogens with zero attached hydrogens (tertiary/aromatic N) is 1. The third-order valence-corrected chi connectivity index (χ3v) is 0.235. The van der Waals surface area contributed by atoms with Crippen molar-refractivity contribution in [3.05, 3.63) is 6.42 Å². The van der Waals surface area contributed by atoms with E-state index in [0.717, 1.165) is 0 Å². The van der Waals surface area contributed by atoms with E-state index in [2.05, 4.69) is 10.9 Å². The Morgan fingerprint density at radius 2 is 2.40 bits per heavy atom. The quantitative estimate of drug-likeness (QED) is 0.267. The van der Waals surface area contributed by atoms with Crippen LogP contribution in [-0.2, 0) is 0 Å². The second-order valence-electron chi connectivity index (χ2n) is 0.631. The first kappa shape index (κ1) is 4.47. The zero-order valence-electron chi connectivity index (χ0n) is 3.18. The van der Waals surface area contributed by atoms with Gasteiger partial charge in [0.1, 0.15) is 0 Å². The molecule has 0 saturated carbocycles. The van der Waals surface area contributed by atoms with Gasteiger partial charge in [-0.1, -0.05) is 6.92 Å². The van der Waals surface area contributed by atoms with Gasteiger partial charge in [0.2, 0.25) is 0 Å². The van der Waals surface area contributed by atoms with E-state index in [1.54, 1.807) is 6.42 Å². The van der Waals surface area contributed by atoms with Crippen LogP contribution in [0.5, 0.6) is 0 Å². The van der Waals surface area contributed by atoms with Crippen molar-refractivity contribution in [2.24, 2.45) is 10.9 Å². The van der Waals surface area contributed by atoms with Gasteiger partial charge >= 0.3 is 0 Å². The van der Waals surface area contributed by atoms with Gasteiger partial charge in [0, 0.05) is 12.6 Å². The van der Waals surface area contributed by atoms with E-state index in [0.29, 0.717) is 0 Å². The Morgan fingerprint density at radius 1 is 1.80 bits per heavy atom. The molecule has 1 radical (unpaired) electrons. The van der Waals surface area contributed by atoms with Crippen LogP contribution in [0.3, 0.4) is 0 Å². The molecule has 5 heavy (non-hydrogen) atoms. The Morgan fingerprint density at radius 3 is 2.40 bits per heavy atom. The first-order chi connectivity index (χ1) is 2.41. The fourth-order valence-corrected chi connectivity index (χ4v) is 0.0861. The second kappa shape index (κ2) is 3.47. The van der Waals surface area contributed by atoms with Crippen LogP contribution < -0.4 is 5.84 Å². The fourth-order valence-electron chi connectivity index (χ4n) is 0.0861. The summed E-state index contributed by atoms with van der Waals surface area (Å²) in [5.41, 5.74) is 0. The molecule has 0 fully saturated rings. The molecule has 0 saturated heterocycles. The van der Waals surface area contributed by atoms with E-state index in [1.807, 2.05) is 6.92 Å². The van der Waals surface area contributed by atoms with E-state index in [9.17, 15) is 0 Å². The summed E-state index contributed by atoms with van der Waals surface area (Å²) in [6, 6.07) is 0. The lowest BCUT2D eigenvalue weighted by atomic mass is 10.6. The van der Waals surface area contributed by atoms with E-state index in [-0.39, 0.29) is 0 Å². The van der Waals surface area contributed by atoms with Gasteiger partial charge in [-0.2, -0.15) is 5.10 Å². The summed E-state index contributed by atoms with van der Waals surface area (Å²) in [5.74, 6) is 4.68. The highest BCUT2D eigenvalue weighted by molar-refractivity contribution is 5.66. The second-order valence-corrected chi connectivity index (χ2v) is 0.631. The van der Waals surface area contributed by atoms with Gasteiger partial charge in [0.25, 0.3) is 0 Å². The van der Waals surface area contributed by atoms with Crippen molar-refractivity contribution in [3.8, 4) is 0 Å². The average Bonchev–Trinajstić information content (AvgIpc) is 1.41. The molecule has 0 bridgehead atoms. The first-order valence-electron chi connectivity index (χ1n) is 1.43. The Balaban J connectivity index is 2.62. The van der Waals surface area contributed by atoms with Crippen LogP contribution >= 0.6 is 0 Å². The third-order valence-electron chi connectivity index (χ3n) is 0.235. The van der Waals surface area contributed by atoms with Crippen LogP contribution in [0.25, 0.3) is 0 Å². The lowest BCUT2D eigenvalue weighted by Crippen LogP contribution is -1.78. The largest absolute Gasteiger partial charge is 0.324 e. The Bertz CT molecular complexity index is 31.9. The summed E-state index contributed by atoms with van der Waals surface area (Å²) in [4.78, 5) is 0. The lowest BCUT2D eigenvalue weighted by Gasteiger charge is -1.65. The summed E-state index contributed by atoms with van der Waals surface area (Å²) in [6.45, 7) is 1.86. The highest BCUT2D eigenvalue weighted by atomic mass is 15.1. The zero-order chi connectivity index (χ0) is 4.12. The monoisotopic (exact) mass is 71.1 g/mol. The highest BCUT2D eigenvalue weighted by Crippen LogP contribution is 1.55. The normalized spacial score (nSPS) is 9.80. The molecule has 0 aromatic heterocycles. The van der Waals surface area contributed by atoms with Crippen molar-refractivity contribution < 1.29 is 0 Å². The van der Waals surface area contributed by atoms with Crippen molar-refractivity contribution in [1.29, 1.82) is 0 Å². The minimum Gasteiger partial charge on any atom is -0.324 e. The molecule has 0 spiro atoms. The van der Waals surface area contributed by atoms with Gasteiger partial charge in [-0.05, 0) is 0 Å². The third kappa shape index (κ3) is 3.47. The predicted molar refractivity (Wildman–Crippen MR) is 22.7 cm³/mol. The van der Waals surface area contributed by atoms with E-state index < -0.39 is 0 Å². The van der Waals surface area contributed by atoms with Crippen LogP contribution in [0.15, 0.2) is 5.10 Å². The molecule has 29 valence electrons. The first-order valence-corrected chi connectivity index (χ1v) is 1.43. The molecule has 0 aliphatic rings. The summed E-state index contributed by atoms with van der Waals surface area (Å²) in [5, 5.41) is 3.17. The molecule has 0 amide bonds. The van der Waals surface area contributed by atoms with Gasteiger partial charge in [-0.15, -0.1) is 0 Å². The standard InChI is InChI=1S/C3H7N2/c1-2-3-5-4/h2-3H,4H2,1H3. The number of nitrogens with two attached hydrogens (primary N) is 1. The van der Waals surface area contributed by atoms with Gasteiger partial charge in [-0.25, -0.2) is 0 Å². The summed E-state index contributed by atoms with van der Waals surface area (Å²) >= 11 is 0. The Labute approximate surface area is 31.7 Å². The number of rotatable bonds is 1. The molecular formula is C3H7N2. The summed E-state index contributed by atoms with van der Waals surface area (Å²) < 4.78 is 0. The van der Waals surface area contributed by atoms with Crippen LogP contribution in [0, 0.1) is 6.42 Å². The minimum atomic E-state index is 1.53.